The van der Waals surface area contributed by atoms with Crippen LogP contribution in [0.15, 0.2) is 21.1 Å². The van der Waals surface area contributed by atoms with E-state index in [0.29, 0.717) is 16.5 Å². The second-order valence-electron chi connectivity index (χ2n) is 3.76. The average Bonchev–Trinajstić information content (AvgIpc) is 2.22. The van der Waals surface area contributed by atoms with Crippen molar-refractivity contribution in [2.75, 3.05) is 6.61 Å². The van der Waals surface area contributed by atoms with E-state index in [1.54, 1.807) is 12.1 Å². The maximum atomic E-state index is 10.0. The van der Waals surface area contributed by atoms with Crippen LogP contribution in [0.3, 0.4) is 0 Å². The molecular weight excluding hydrogens is 340 g/mol. The van der Waals surface area contributed by atoms with Crippen LogP contribution < -0.4 is 0 Å². The lowest BCUT2D eigenvalue weighted by Gasteiger charge is -2.20. The van der Waals surface area contributed by atoms with E-state index >= 15 is 0 Å². The fraction of sp³-hybridized carbons (Fsp3) is 0.455. The first-order valence-corrected chi connectivity index (χ1v) is 6.52. The Morgan fingerprint density at radius 1 is 1.31 bits per heavy atom. The maximum Gasteiger partial charge on any atom is 0.135 e. The van der Waals surface area contributed by atoms with Crippen molar-refractivity contribution in [3.8, 4) is 5.75 Å². The van der Waals surface area contributed by atoms with Crippen LogP contribution in [0.2, 0.25) is 0 Å². The lowest BCUT2D eigenvalue weighted by molar-refractivity contribution is 0.0965. The van der Waals surface area contributed by atoms with Crippen LogP contribution in [0.1, 0.15) is 25.0 Å². The van der Waals surface area contributed by atoms with Crippen molar-refractivity contribution in [2.45, 2.75) is 19.4 Å². The van der Waals surface area contributed by atoms with Crippen LogP contribution in [-0.4, -0.2) is 21.9 Å². The van der Waals surface area contributed by atoms with E-state index in [9.17, 15) is 10.2 Å². The van der Waals surface area contributed by atoms with E-state index in [1.165, 1.54) is 0 Å². The number of benzene rings is 1. The van der Waals surface area contributed by atoms with Gasteiger partial charge in [-0.15, -0.1) is 0 Å². The third-order valence-corrected chi connectivity index (χ3v) is 3.56. The van der Waals surface area contributed by atoms with Gasteiger partial charge in [0, 0.05) is 16.6 Å². The van der Waals surface area contributed by atoms with Crippen LogP contribution in [0.25, 0.3) is 0 Å². The van der Waals surface area contributed by atoms with Crippen LogP contribution in [0, 0.1) is 5.92 Å². The van der Waals surface area contributed by atoms with Gasteiger partial charge in [-0.2, -0.15) is 0 Å². The topological polar surface area (TPSA) is 60.7 Å². The Labute approximate surface area is 111 Å². The summed E-state index contributed by atoms with van der Waals surface area (Å²) in [5.41, 5.74) is 0.460. The minimum Gasteiger partial charge on any atom is -0.506 e. The zero-order valence-electron chi connectivity index (χ0n) is 8.82. The quantitative estimate of drug-likeness (QED) is 0.779. The van der Waals surface area contributed by atoms with Gasteiger partial charge in [0.1, 0.15) is 5.75 Å². The Balaban J connectivity index is 3.03. The predicted octanol–water partition coefficient (Wildman–Crippen LogP) is 2.97. The van der Waals surface area contributed by atoms with Gasteiger partial charge in [0.25, 0.3) is 0 Å². The molecule has 0 aromatic heterocycles. The molecule has 3 N–H and O–H groups in total. The molecule has 0 fully saturated rings. The second-order valence-corrected chi connectivity index (χ2v) is 5.53. The first-order valence-electron chi connectivity index (χ1n) is 4.94. The number of halogens is 2. The van der Waals surface area contributed by atoms with Crippen molar-refractivity contribution in [3.05, 3.63) is 26.6 Å². The summed E-state index contributed by atoms with van der Waals surface area (Å²) in [7, 11) is 0. The number of phenols is 1. The molecule has 90 valence electrons. The molecule has 0 aliphatic carbocycles. The van der Waals surface area contributed by atoms with Gasteiger partial charge in [-0.1, -0.05) is 22.9 Å². The van der Waals surface area contributed by atoms with E-state index in [4.69, 9.17) is 5.11 Å². The SMILES string of the molecule is C[C@H](CCO)[C@@H](O)c1cc(Br)cc(Br)c1O. The molecular formula is C11H14Br2O3. The fourth-order valence-corrected chi connectivity index (χ4v) is 2.74. The number of hydrogen-bond donors (Lipinski definition) is 3. The highest BCUT2D eigenvalue weighted by Gasteiger charge is 2.21. The van der Waals surface area contributed by atoms with E-state index in [1.807, 2.05) is 6.92 Å². The molecule has 5 heteroatoms. The van der Waals surface area contributed by atoms with Crippen molar-refractivity contribution in [1.29, 1.82) is 0 Å². The average molecular weight is 354 g/mol. The molecule has 0 radical (unpaired) electrons. The molecule has 3 nitrogen and oxygen atoms in total. The van der Waals surface area contributed by atoms with Crippen LogP contribution >= 0.6 is 31.9 Å². The fourth-order valence-electron chi connectivity index (χ4n) is 1.48. The monoisotopic (exact) mass is 352 g/mol. The highest BCUT2D eigenvalue weighted by Crippen LogP contribution is 2.38. The number of aromatic hydroxyl groups is 1. The lowest BCUT2D eigenvalue weighted by Crippen LogP contribution is -2.11. The van der Waals surface area contributed by atoms with Gasteiger partial charge in [0.15, 0.2) is 0 Å². The van der Waals surface area contributed by atoms with Crippen molar-refractivity contribution in [3.63, 3.8) is 0 Å². The number of phenolic OH excluding ortho intramolecular Hbond substituents is 1. The Bertz CT molecular complexity index is 368. The molecule has 0 unspecified atom stereocenters. The molecule has 0 heterocycles. The van der Waals surface area contributed by atoms with Crippen molar-refractivity contribution in [1.82, 2.24) is 0 Å². The first-order chi connectivity index (χ1) is 7.47. The van der Waals surface area contributed by atoms with Crippen molar-refractivity contribution >= 4 is 31.9 Å². The van der Waals surface area contributed by atoms with Gasteiger partial charge in [-0.3, -0.25) is 0 Å². The number of aliphatic hydroxyl groups is 2. The van der Waals surface area contributed by atoms with Gasteiger partial charge >= 0.3 is 0 Å². The Hall–Kier alpha value is -0.100. The highest BCUT2D eigenvalue weighted by atomic mass is 79.9. The van der Waals surface area contributed by atoms with Crippen LogP contribution in [0.4, 0.5) is 0 Å². The summed E-state index contributed by atoms with van der Waals surface area (Å²) >= 11 is 6.51. The normalized spacial score (nSPS) is 14.8. The summed E-state index contributed by atoms with van der Waals surface area (Å²) in [6.45, 7) is 1.85. The van der Waals surface area contributed by atoms with Crippen LogP contribution in [-0.2, 0) is 0 Å². The third-order valence-electron chi connectivity index (χ3n) is 2.50. The minimum absolute atomic E-state index is 0.0220. The Morgan fingerprint density at radius 3 is 2.50 bits per heavy atom. The molecule has 16 heavy (non-hydrogen) atoms. The summed E-state index contributed by atoms with van der Waals surface area (Å²) in [6.07, 6.45) is -0.300. The summed E-state index contributed by atoms with van der Waals surface area (Å²) in [6, 6.07) is 3.39. The molecule has 0 saturated heterocycles. The molecule has 0 spiro atoms. The smallest absolute Gasteiger partial charge is 0.135 e. The summed E-state index contributed by atoms with van der Waals surface area (Å²) in [5, 5.41) is 28.7. The lowest BCUT2D eigenvalue weighted by atomic mass is 9.94. The van der Waals surface area contributed by atoms with Crippen molar-refractivity contribution in [2.24, 2.45) is 5.92 Å². The van der Waals surface area contributed by atoms with Gasteiger partial charge in [-0.05, 0) is 40.4 Å². The molecule has 0 aliphatic rings. The van der Waals surface area contributed by atoms with Gasteiger partial charge in [-0.25, -0.2) is 0 Å². The van der Waals surface area contributed by atoms with E-state index in [-0.39, 0.29) is 18.3 Å². The second kappa shape index (κ2) is 6.00. The zero-order chi connectivity index (χ0) is 12.3. The molecule has 0 saturated carbocycles. The minimum atomic E-state index is -0.791. The Kier molecular flexibility index (Phi) is 5.24. The summed E-state index contributed by atoms with van der Waals surface area (Å²) in [4.78, 5) is 0. The standard InChI is InChI=1S/C11H14Br2O3/c1-6(2-3-14)10(15)8-4-7(12)5-9(13)11(8)16/h4-6,10,14-16H,2-3H2,1H3/t6-,10-/m1/s1. The first kappa shape index (κ1) is 14.0. The molecule has 0 amide bonds. The molecule has 0 aliphatic heterocycles. The van der Waals surface area contributed by atoms with E-state index in [0.717, 1.165) is 4.47 Å². The van der Waals surface area contributed by atoms with Gasteiger partial charge in [0.2, 0.25) is 0 Å². The number of rotatable bonds is 4. The molecule has 1 aromatic carbocycles. The third kappa shape index (κ3) is 3.20. The maximum absolute atomic E-state index is 10.0. The molecule has 1 rings (SSSR count). The zero-order valence-corrected chi connectivity index (χ0v) is 12.0. The molecule has 0 bridgehead atoms. The summed E-state index contributed by atoms with van der Waals surface area (Å²) < 4.78 is 1.31. The predicted molar refractivity (Wildman–Crippen MR) is 69.3 cm³/mol. The van der Waals surface area contributed by atoms with Crippen LogP contribution in [0.5, 0.6) is 5.75 Å². The largest absolute Gasteiger partial charge is 0.506 e. The number of aliphatic hydroxyl groups excluding tert-OH is 2. The molecule has 2 atom stereocenters. The van der Waals surface area contributed by atoms with E-state index in [2.05, 4.69) is 31.9 Å². The molecule has 1 aromatic rings. The van der Waals surface area contributed by atoms with Gasteiger partial charge < -0.3 is 15.3 Å². The van der Waals surface area contributed by atoms with Crippen molar-refractivity contribution < 1.29 is 15.3 Å². The van der Waals surface area contributed by atoms with Gasteiger partial charge in [0.05, 0.1) is 10.6 Å². The highest BCUT2D eigenvalue weighted by molar-refractivity contribution is 9.11. The summed E-state index contributed by atoms with van der Waals surface area (Å²) in [5.74, 6) is -0.0717. The van der Waals surface area contributed by atoms with E-state index < -0.39 is 6.10 Å². The Morgan fingerprint density at radius 2 is 1.94 bits per heavy atom. The number of hydrogen-bond acceptors (Lipinski definition) is 3.